The van der Waals surface area contributed by atoms with Crippen molar-refractivity contribution in [3.8, 4) is 0 Å². The van der Waals surface area contributed by atoms with Crippen molar-refractivity contribution < 1.29 is 13.9 Å². The standard InChI is InChI=1S/C26H31FN2O2/c27-23-8-4-7-22(15-23)16-24(30)29-12-9-25(10-13-29)18-28(17-21-5-2-1-3-6-21)19-26(25)11-14-31-20-26/h1-8,15H,9-14,16-20H2. The summed E-state index contributed by atoms with van der Waals surface area (Å²) < 4.78 is 19.4. The van der Waals surface area contributed by atoms with E-state index in [0.29, 0.717) is 0 Å². The molecular formula is C26H31FN2O2. The lowest BCUT2D eigenvalue weighted by Crippen LogP contribution is -2.51. The number of piperidine rings is 1. The number of amides is 1. The number of carbonyl (C=O) groups excluding carboxylic acids is 1. The van der Waals surface area contributed by atoms with Crippen LogP contribution in [0.2, 0.25) is 0 Å². The minimum absolute atomic E-state index is 0.108. The summed E-state index contributed by atoms with van der Waals surface area (Å²) in [7, 11) is 0. The molecule has 3 heterocycles. The summed E-state index contributed by atoms with van der Waals surface area (Å²) in [6.07, 6.45) is 3.45. The van der Waals surface area contributed by atoms with E-state index in [1.54, 1.807) is 6.07 Å². The maximum absolute atomic E-state index is 13.5. The van der Waals surface area contributed by atoms with E-state index < -0.39 is 0 Å². The Balaban J connectivity index is 1.26. The largest absolute Gasteiger partial charge is 0.381 e. The lowest BCUT2D eigenvalue weighted by atomic mass is 9.60. The Labute approximate surface area is 184 Å². The monoisotopic (exact) mass is 422 g/mol. The molecule has 3 saturated heterocycles. The molecule has 31 heavy (non-hydrogen) atoms. The molecule has 2 aromatic rings. The number of carbonyl (C=O) groups is 1. The van der Waals surface area contributed by atoms with Crippen LogP contribution in [-0.4, -0.2) is 55.1 Å². The number of ether oxygens (including phenoxy) is 1. The zero-order chi connectivity index (χ0) is 21.3. The Bertz CT molecular complexity index is 918. The van der Waals surface area contributed by atoms with Gasteiger partial charge in [0.2, 0.25) is 5.91 Å². The van der Waals surface area contributed by atoms with Gasteiger partial charge in [0.05, 0.1) is 13.0 Å². The van der Waals surface area contributed by atoms with Gasteiger partial charge in [0.15, 0.2) is 0 Å². The summed E-state index contributed by atoms with van der Waals surface area (Å²) >= 11 is 0. The van der Waals surface area contributed by atoms with E-state index >= 15 is 0 Å². The maximum Gasteiger partial charge on any atom is 0.226 e. The van der Waals surface area contributed by atoms with E-state index in [1.165, 1.54) is 17.7 Å². The van der Waals surface area contributed by atoms with Crippen LogP contribution in [0.1, 0.15) is 30.4 Å². The predicted octanol–water partition coefficient (Wildman–Crippen LogP) is 3.90. The third kappa shape index (κ3) is 4.01. The molecule has 0 N–H and O–H groups in total. The van der Waals surface area contributed by atoms with Gasteiger partial charge in [0.1, 0.15) is 5.82 Å². The Hall–Kier alpha value is -2.24. The van der Waals surface area contributed by atoms with Crippen molar-refractivity contribution in [2.24, 2.45) is 10.8 Å². The Morgan fingerprint density at radius 3 is 2.39 bits per heavy atom. The summed E-state index contributed by atoms with van der Waals surface area (Å²) in [5.41, 5.74) is 2.53. The molecule has 2 spiro atoms. The number of hydrogen-bond acceptors (Lipinski definition) is 3. The van der Waals surface area contributed by atoms with E-state index in [-0.39, 0.29) is 29.0 Å². The first-order valence-electron chi connectivity index (χ1n) is 11.4. The third-order valence-corrected chi connectivity index (χ3v) is 7.85. The van der Waals surface area contributed by atoms with Crippen molar-refractivity contribution in [3.63, 3.8) is 0 Å². The summed E-state index contributed by atoms with van der Waals surface area (Å²) in [5.74, 6) is -0.174. The average Bonchev–Trinajstić information content (AvgIpc) is 3.35. The van der Waals surface area contributed by atoms with E-state index in [1.807, 2.05) is 11.0 Å². The van der Waals surface area contributed by atoms with Crippen LogP contribution in [0, 0.1) is 16.6 Å². The predicted molar refractivity (Wildman–Crippen MR) is 118 cm³/mol. The van der Waals surface area contributed by atoms with Crippen LogP contribution >= 0.6 is 0 Å². The van der Waals surface area contributed by atoms with Crippen molar-refractivity contribution in [1.29, 1.82) is 0 Å². The van der Waals surface area contributed by atoms with Crippen molar-refractivity contribution in [2.45, 2.75) is 32.2 Å². The molecule has 4 nitrogen and oxygen atoms in total. The van der Waals surface area contributed by atoms with Gasteiger partial charge in [0, 0.05) is 44.7 Å². The second-order valence-corrected chi connectivity index (χ2v) is 9.68. The SMILES string of the molecule is O=C(Cc1cccc(F)c1)N1CCC2(CC1)CN(Cc1ccccc1)CC21CCOC1. The number of halogens is 1. The quantitative estimate of drug-likeness (QED) is 0.749. The van der Waals surface area contributed by atoms with Gasteiger partial charge in [0.25, 0.3) is 0 Å². The van der Waals surface area contributed by atoms with Gasteiger partial charge in [-0.15, -0.1) is 0 Å². The molecule has 3 aliphatic rings. The number of hydrogen-bond donors (Lipinski definition) is 0. The number of benzene rings is 2. The zero-order valence-electron chi connectivity index (χ0n) is 18.1. The summed E-state index contributed by atoms with van der Waals surface area (Å²) in [6, 6.07) is 17.1. The fourth-order valence-electron chi connectivity index (χ4n) is 6.16. The Kier molecular flexibility index (Phi) is 5.57. The summed E-state index contributed by atoms with van der Waals surface area (Å²) in [4.78, 5) is 17.5. The van der Waals surface area contributed by atoms with Gasteiger partial charge in [-0.05, 0) is 47.9 Å². The molecule has 3 fully saturated rings. The molecule has 2 aromatic carbocycles. The first kappa shape index (κ1) is 20.7. The van der Waals surface area contributed by atoms with Crippen molar-refractivity contribution in [3.05, 3.63) is 71.5 Å². The Morgan fingerprint density at radius 1 is 0.935 bits per heavy atom. The molecule has 1 amide bonds. The highest BCUT2D eigenvalue weighted by Gasteiger charge is 2.59. The summed E-state index contributed by atoms with van der Waals surface area (Å²) in [5, 5.41) is 0. The fraction of sp³-hybridized carbons (Fsp3) is 0.500. The average molecular weight is 423 g/mol. The van der Waals surface area contributed by atoms with Crippen LogP contribution < -0.4 is 0 Å². The molecule has 0 radical (unpaired) electrons. The van der Waals surface area contributed by atoms with Gasteiger partial charge < -0.3 is 9.64 Å². The van der Waals surface area contributed by atoms with Crippen LogP contribution in [0.15, 0.2) is 54.6 Å². The molecule has 1 unspecified atom stereocenters. The number of nitrogens with zero attached hydrogens (tertiary/aromatic N) is 2. The van der Waals surface area contributed by atoms with Crippen LogP contribution in [0.3, 0.4) is 0 Å². The van der Waals surface area contributed by atoms with E-state index in [4.69, 9.17) is 4.74 Å². The molecule has 0 bridgehead atoms. The van der Waals surface area contributed by atoms with E-state index in [0.717, 1.165) is 70.8 Å². The van der Waals surface area contributed by atoms with Gasteiger partial charge in [-0.25, -0.2) is 4.39 Å². The van der Waals surface area contributed by atoms with Gasteiger partial charge >= 0.3 is 0 Å². The minimum atomic E-state index is -0.282. The van der Waals surface area contributed by atoms with Crippen molar-refractivity contribution in [2.75, 3.05) is 39.4 Å². The number of rotatable bonds is 4. The van der Waals surface area contributed by atoms with E-state index in [2.05, 4.69) is 35.2 Å². The molecule has 1 atom stereocenters. The van der Waals surface area contributed by atoms with Crippen molar-refractivity contribution in [1.82, 2.24) is 9.80 Å². The van der Waals surface area contributed by atoms with Gasteiger partial charge in [-0.2, -0.15) is 0 Å². The van der Waals surface area contributed by atoms with Gasteiger partial charge in [-0.3, -0.25) is 9.69 Å². The molecule has 0 saturated carbocycles. The number of fused-ring (bicyclic) bond motifs is 1. The van der Waals surface area contributed by atoms with Crippen LogP contribution in [-0.2, 0) is 22.5 Å². The van der Waals surface area contributed by atoms with E-state index in [9.17, 15) is 9.18 Å². The smallest absolute Gasteiger partial charge is 0.226 e. The van der Waals surface area contributed by atoms with Crippen LogP contribution in [0.5, 0.6) is 0 Å². The van der Waals surface area contributed by atoms with Crippen LogP contribution in [0.25, 0.3) is 0 Å². The lowest BCUT2D eigenvalue weighted by Gasteiger charge is -2.47. The molecule has 0 aliphatic carbocycles. The maximum atomic E-state index is 13.5. The number of likely N-dealkylation sites (tertiary alicyclic amines) is 2. The van der Waals surface area contributed by atoms with Crippen molar-refractivity contribution >= 4 is 5.91 Å². The Morgan fingerprint density at radius 2 is 1.68 bits per heavy atom. The normalized spacial score (nSPS) is 25.5. The molecular weight excluding hydrogens is 391 g/mol. The summed E-state index contributed by atoms with van der Waals surface area (Å²) in [6.45, 7) is 6.41. The fourth-order valence-corrected chi connectivity index (χ4v) is 6.16. The van der Waals surface area contributed by atoms with Gasteiger partial charge in [-0.1, -0.05) is 42.5 Å². The highest BCUT2D eigenvalue weighted by Crippen LogP contribution is 2.57. The third-order valence-electron chi connectivity index (χ3n) is 7.85. The first-order valence-corrected chi connectivity index (χ1v) is 11.4. The highest BCUT2D eigenvalue weighted by atomic mass is 19.1. The second-order valence-electron chi connectivity index (χ2n) is 9.68. The molecule has 0 aromatic heterocycles. The molecule has 3 aliphatic heterocycles. The molecule has 5 rings (SSSR count). The zero-order valence-corrected chi connectivity index (χ0v) is 18.1. The second kappa shape index (κ2) is 8.36. The first-order chi connectivity index (χ1) is 15.1. The highest BCUT2D eigenvalue weighted by molar-refractivity contribution is 5.78. The topological polar surface area (TPSA) is 32.8 Å². The molecule has 5 heteroatoms. The minimum Gasteiger partial charge on any atom is -0.381 e. The van der Waals surface area contributed by atoms with Crippen LogP contribution in [0.4, 0.5) is 4.39 Å². The lowest BCUT2D eigenvalue weighted by molar-refractivity contribution is -0.134. The molecule has 164 valence electrons.